The minimum absolute atomic E-state index is 0.0132. The summed E-state index contributed by atoms with van der Waals surface area (Å²) >= 11 is 1.64. The van der Waals surface area contributed by atoms with E-state index < -0.39 is 11.0 Å². The lowest BCUT2D eigenvalue weighted by Crippen LogP contribution is -2.47. The minimum Gasteiger partial charge on any atom is -0.466 e. The molecule has 2 N–H and O–H groups in total. The molecule has 118 valence electrons. The van der Waals surface area contributed by atoms with E-state index in [-0.39, 0.29) is 12.5 Å². The van der Waals surface area contributed by atoms with Crippen LogP contribution in [0, 0.1) is 0 Å². The number of carbonyl (C=O) groups is 1. The summed E-state index contributed by atoms with van der Waals surface area (Å²) in [5.74, 6) is 0.476. The first-order chi connectivity index (χ1) is 10.5. The van der Waals surface area contributed by atoms with Gasteiger partial charge in [-0.15, -0.1) is 11.3 Å². The van der Waals surface area contributed by atoms with E-state index in [1.54, 1.807) is 30.4 Å². The van der Waals surface area contributed by atoms with E-state index in [0.717, 1.165) is 30.6 Å². The van der Waals surface area contributed by atoms with Gasteiger partial charge in [-0.25, -0.2) is 0 Å². The van der Waals surface area contributed by atoms with Crippen LogP contribution < -0.4 is 5.32 Å². The summed E-state index contributed by atoms with van der Waals surface area (Å²) in [5.41, 5.74) is -1.62. The van der Waals surface area contributed by atoms with Gasteiger partial charge in [-0.2, -0.15) is 0 Å². The Bertz CT molecular complexity index is 610. The summed E-state index contributed by atoms with van der Waals surface area (Å²) in [6.45, 7) is 1.80. The fourth-order valence-corrected chi connectivity index (χ4v) is 4.19. The van der Waals surface area contributed by atoms with E-state index in [2.05, 4.69) is 5.32 Å². The van der Waals surface area contributed by atoms with E-state index in [1.807, 2.05) is 17.5 Å². The van der Waals surface area contributed by atoms with E-state index in [0.29, 0.717) is 5.76 Å². The lowest BCUT2D eigenvalue weighted by Gasteiger charge is -2.29. The van der Waals surface area contributed by atoms with Gasteiger partial charge in [0.1, 0.15) is 11.4 Å². The number of furan rings is 1. The van der Waals surface area contributed by atoms with E-state index >= 15 is 0 Å². The number of rotatable bonds is 5. The van der Waals surface area contributed by atoms with E-state index in [9.17, 15) is 9.90 Å². The molecule has 4 nitrogen and oxygen atoms in total. The van der Waals surface area contributed by atoms with Gasteiger partial charge >= 0.3 is 0 Å². The van der Waals surface area contributed by atoms with Gasteiger partial charge in [-0.1, -0.05) is 18.9 Å². The Morgan fingerprint density at radius 2 is 2.18 bits per heavy atom. The average molecular weight is 319 g/mol. The van der Waals surface area contributed by atoms with Gasteiger partial charge in [0.25, 0.3) is 0 Å². The Kier molecular flexibility index (Phi) is 4.10. The molecule has 0 aliphatic heterocycles. The molecule has 5 heteroatoms. The molecule has 1 atom stereocenters. The van der Waals surface area contributed by atoms with E-state index in [4.69, 9.17) is 4.42 Å². The second kappa shape index (κ2) is 5.89. The Labute approximate surface area is 134 Å². The predicted molar refractivity (Wildman–Crippen MR) is 85.8 cm³/mol. The van der Waals surface area contributed by atoms with Crippen molar-refractivity contribution >= 4 is 17.2 Å². The van der Waals surface area contributed by atoms with Gasteiger partial charge in [0.05, 0.1) is 18.2 Å². The number of nitrogens with one attached hydrogen (secondary N) is 1. The van der Waals surface area contributed by atoms with Gasteiger partial charge in [-0.05, 0) is 43.3 Å². The van der Waals surface area contributed by atoms with Crippen molar-refractivity contribution in [3.8, 4) is 0 Å². The fraction of sp³-hybridized carbons (Fsp3) is 0.471. The molecule has 1 aliphatic rings. The molecule has 0 radical (unpaired) electrons. The largest absolute Gasteiger partial charge is 0.466 e. The van der Waals surface area contributed by atoms with Crippen LogP contribution in [-0.4, -0.2) is 17.6 Å². The second-order valence-corrected chi connectivity index (χ2v) is 7.15. The molecule has 1 amide bonds. The molecule has 22 heavy (non-hydrogen) atoms. The lowest BCUT2D eigenvalue weighted by molar-refractivity contribution is -0.128. The van der Waals surface area contributed by atoms with Crippen LogP contribution in [0.15, 0.2) is 40.3 Å². The van der Waals surface area contributed by atoms with Crippen molar-refractivity contribution < 1.29 is 14.3 Å². The van der Waals surface area contributed by atoms with Gasteiger partial charge in [0, 0.05) is 4.88 Å². The van der Waals surface area contributed by atoms with Crippen molar-refractivity contribution in [1.82, 2.24) is 5.32 Å². The van der Waals surface area contributed by atoms with Crippen LogP contribution in [0.5, 0.6) is 0 Å². The van der Waals surface area contributed by atoms with E-state index in [1.165, 1.54) is 6.26 Å². The molecule has 0 aromatic carbocycles. The summed E-state index contributed by atoms with van der Waals surface area (Å²) in [5, 5.41) is 15.4. The SMILES string of the molecule is CC(O)(CNC(=O)C1(c2cccs2)CCCC1)c1ccco1. The zero-order valence-electron chi connectivity index (χ0n) is 12.7. The first-order valence-electron chi connectivity index (χ1n) is 7.63. The molecular weight excluding hydrogens is 298 g/mol. The fourth-order valence-electron chi connectivity index (χ4n) is 3.21. The van der Waals surface area contributed by atoms with Crippen LogP contribution in [0.3, 0.4) is 0 Å². The number of carbonyl (C=O) groups excluding carboxylic acids is 1. The summed E-state index contributed by atoms with van der Waals surface area (Å²) in [6.07, 6.45) is 5.42. The molecule has 0 saturated heterocycles. The maximum atomic E-state index is 12.8. The molecule has 0 bridgehead atoms. The molecular formula is C17H21NO3S. The maximum Gasteiger partial charge on any atom is 0.231 e. The first kappa shape index (κ1) is 15.3. The topological polar surface area (TPSA) is 62.5 Å². The highest BCUT2D eigenvalue weighted by molar-refractivity contribution is 7.10. The summed E-state index contributed by atoms with van der Waals surface area (Å²) < 4.78 is 5.25. The van der Waals surface area contributed by atoms with Crippen molar-refractivity contribution in [3.05, 3.63) is 46.5 Å². The number of thiophene rings is 1. The van der Waals surface area contributed by atoms with Gasteiger partial charge in [0.15, 0.2) is 0 Å². The predicted octanol–water partition coefficient (Wildman–Crippen LogP) is 3.18. The number of amides is 1. The van der Waals surface area contributed by atoms with Gasteiger partial charge in [-0.3, -0.25) is 4.79 Å². The third-order valence-electron chi connectivity index (χ3n) is 4.53. The van der Waals surface area contributed by atoms with Crippen molar-refractivity contribution in [2.45, 2.75) is 43.6 Å². The summed E-state index contributed by atoms with van der Waals surface area (Å²) in [4.78, 5) is 14.0. The van der Waals surface area contributed by atoms with Gasteiger partial charge in [0.2, 0.25) is 5.91 Å². The molecule has 1 fully saturated rings. The first-order valence-corrected chi connectivity index (χ1v) is 8.51. The summed E-state index contributed by atoms with van der Waals surface area (Å²) in [7, 11) is 0. The highest BCUT2D eigenvalue weighted by Crippen LogP contribution is 2.43. The normalized spacial score (nSPS) is 19.7. The number of hydrogen-bond donors (Lipinski definition) is 2. The van der Waals surface area contributed by atoms with Crippen LogP contribution in [-0.2, 0) is 15.8 Å². The minimum atomic E-state index is -1.20. The quantitative estimate of drug-likeness (QED) is 0.890. The van der Waals surface area contributed by atoms with Crippen LogP contribution in [0.1, 0.15) is 43.2 Å². The third kappa shape index (κ3) is 2.71. The molecule has 1 saturated carbocycles. The third-order valence-corrected chi connectivity index (χ3v) is 5.60. The van der Waals surface area contributed by atoms with Crippen molar-refractivity contribution in [2.75, 3.05) is 6.54 Å². The number of aliphatic hydroxyl groups is 1. The van der Waals surface area contributed by atoms with Crippen molar-refractivity contribution in [3.63, 3.8) is 0 Å². The molecule has 2 aromatic heterocycles. The summed E-state index contributed by atoms with van der Waals surface area (Å²) in [6, 6.07) is 7.49. The Morgan fingerprint density at radius 3 is 2.77 bits per heavy atom. The van der Waals surface area contributed by atoms with Crippen LogP contribution >= 0.6 is 11.3 Å². The zero-order valence-corrected chi connectivity index (χ0v) is 13.5. The highest BCUT2D eigenvalue weighted by atomic mass is 32.1. The van der Waals surface area contributed by atoms with Crippen molar-refractivity contribution in [2.24, 2.45) is 0 Å². The lowest BCUT2D eigenvalue weighted by atomic mass is 9.83. The molecule has 1 aliphatic carbocycles. The molecule has 2 heterocycles. The second-order valence-electron chi connectivity index (χ2n) is 6.20. The van der Waals surface area contributed by atoms with Crippen LogP contribution in [0.25, 0.3) is 0 Å². The average Bonchev–Trinajstić information content (AvgIpc) is 3.27. The molecule has 3 rings (SSSR count). The Hall–Kier alpha value is -1.59. The van der Waals surface area contributed by atoms with Gasteiger partial charge < -0.3 is 14.8 Å². The molecule has 2 aromatic rings. The molecule has 0 spiro atoms. The smallest absolute Gasteiger partial charge is 0.231 e. The van der Waals surface area contributed by atoms with Crippen LogP contribution in [0.4, 0.5) is 0 Å². The van der Waals surface area contributed by atoms with Crippen LogP contribution in [0.2, 0.25) is 0 Å². The molecule has 1 unspecified atom stereocenters. The monoisotopic (exact) mass is 319 g/mol. The van der Waals surface area contributed by atoms with Crippen molar-refractivity contribution in [1.29, 1.82) is 0 Å². The maximum absolute atomic E-state index is 12.8. The zero-order chi connectivity index (χ0) is 15.6. The Morgan fingerprint density at radius 1 is 1.41 bits per heavy atom. The Balaban J connectivity index is 1.73. The standard InChI is InChI=1S/C17H21NO3S/c1-16(20,13-6-4-10-21-13)12-18-15(19)17(8-2-3-9-17)14-7-5-11-22-14/h4-7,10-11,20H,2-3,8-9,12H2,1H3,(H,18,19). The highest BCUT2D eigenvalue weighted by Gasteiger charge is 2.44. The number of hydrogen-bond acceptors (Lipinski definition) is 4.